The van der Waals surface area contributed by atoms with E-state index in [4.69, 9.17) is 23.2 Å². The largest absolute Gasteiger partial charge is 0.369 e. The molecule has 0 aliphatic carbocycles. The maximum atomic E-state index is 5.90. The van der Waals surface area contributed by atoms with Gasteiger partial charge in [-0.1, -0.05) is 32.4 Å². The van der Waals surface area contributed by atoms with Gasteiger partial charge in [0.2, 0.25) is 5.28 Å². The van der Waals surface area contributed by atoms with E-state index in [0.717, 1.165) is 13.0 Å². The Morgan fingerprint density at radius 3 is 2.60 bits per heavy atom. The standard InChI is InChI=1S/C10H15Cl2N3/c1-10(2,3)4-5-13-8-7(11)6-14-9(12)15-8/h6H,4-5H2,1-3H3,(H,13,14,15). The summed E-state index contributed by atoms with van der Waals surface area (Å²) in [6.07, 6.45) is 2.53. The molecule has 84 valence electrons. The Labute approximate surface area is 100 Å². The van der Waals surface area contributed by atoms with Gasteiger partial charge in [-0.3, -0.25) is 0 Å². The zero-order chi connectivity index (χ0) is 11.5. The Hall–Kier alpha value is -0.540. The molecular formula is C10H15Cl2N3. The fourth-order valence-electron chi connectivity index (χ4n) is 1.03. The zero-order valence-corrected chi connectivity index (χ0v) is 10.7. The maximum Gasteiger partial charge on any atom is 0.224 e. The third kappa shape index (κ3) is 4.67. The van der Waals surface area contributed by atoms with Crippen molar-refractivity contribution in [3.63, 3.8) is 0 Å². The number of nitrogens with one attached hydrogen (secondary N) is 1. The van der Waals surface area contributed by atoms with Crippen LogP contribution in [0.2, 0.25) is 10.3 Å². The molecule has 1 aromatic heterocycles. The van der Waals surface area contributed by atoms with Crippen LogP contribution >= 0.6 is 23.2 Å². The lowest BCUT2D eigenvalue weighted by molar-refractivity contribution is 0.389. The highest BCUT2D eigenvalue weighted by Gasteiger charge is 2.10. The Morgan fingerprint density at radius 1 is 1.33 bits per heavy atom. The fourth-order valence-corrected chi connectivity index (χ4v) is 1.32. The fraction of sp³-hybridized carbons (Fsp3) is 0.600. The molecule has 1 heterocycles. The molecule has 0 saturated heterocycles. The summed E-state index contributed by atoms with van der Waals surface area (Å²) >= 11 is 11.6. The van der Waals surface area contributed by atoms with Gasteiger partial charge in [-0.15, -0.1) is 0 Å². The molecule has 3 nitrogen and oxygen atoms in total. The van der Waals surface area contributed by atoms with Crippen molar-refractivity contribution in [2.24, 2.45) is 5.41 Å². The van der Waals surface area contributed by atoms with Gasteiger partial charge in [-0.05, 0) is 23.4 Å². The van der Waals surface area contributed by atoms with E-state index in [9.17, 15) is 0 Å². The zero-order valence-electron chi connectivity index (χ0n) is 9.14. The van der Waals surface area contributed by atoms with E-state index >= 15 is 0 Å². The van der Waals surface area contributed by atoms with Crippen LogP contribution in [0.1, 0.15) is 27.2 Å². The summed E-state index contributed by atoms with van der Waals surface area (Å²) in [5, 5.41) is 3.84. The highest BCUT2D eigenvalue weighted by molar-refractivity contribution is 6.33. The Morgan fingerprint density at radius 2 is 2.00 bits per heavy atom. The molecule has 1 N–H and O–H groups in total. The van der Waals surface area contributed by atoms with Crippen LogP contribution in [0.5, 0.6) is 0 Å². The molecule has 0 atom stereocenters. The summed E-state index contributed by atoms with van der Waals surface area (Å²) in [4.78, 5) is 7.78. The number of hydrogen-bond donors (Lipinski definition) is 1. The number of aromatic nitrogens is 2. The molecule has 0 unspecified atom stereocenters. The quantitative estimate of drug-likeness (QED) is 0.830. The van der Waals surface area contributed by atoms with Gasteiger partial charge in [-0.2, -0.15) is 4.98 Å². The van der Waals surface area contributed by atoms with E-state index in [1.807, 2.05) is 0 Å². The van der Waals surface area contributed by atoms with E-state index in [1.54, 1.807) is 0 Å². The van der Waals surface area contributed by atoms with Crippen LogP contribution in [0.15, 0.2) is 6.20 Å². The lowest BCUT2D eigenvalue weighted by Crippen LogP contribution is -2.13. The minimum absolute atomic E-state index is 0.206. The second-order valence-electron chi connectivity index (χ2n) is 4.57. The predicted octanol–water partition coefficient (Wildman–Crippen LogP) is 3.63. The number of rotatable bonds is 3. The molecule has 0 aromatic carbocycles. The Bertz CT molecular complexity index is 334. The van der Waals surface area contributed by atoms with Crippen molar-refractivity contribution in [1.82, 2.24) is 9.97 Å². The van der Waals surface area contributed by atoms with Gasteiger partial charge in [0, 0.05) is 6.54 Å². The normalized spacial score (nSPS) is 11.5. The minimum Gasteiger partial charge on any atom is -0.369 e. The first-order valence-electron chi connectivity index (χ1n) is 4.80. The monoisotopic (exact) mass is 247 g/mol. The average Bonchev–Trinajstić information content (AvgIpc) is 2.09. The van der Waals surface area contributed by atoms with Gasteiger partial charge in [-0.25, -0.2) is 4.98 Å². The summed E-state index contributed by atoms with van der Waals surface area (Å²) < 4.78 is 0. The van der Waals surface area contributed by atoms with Crippen LogP contribution in [-0.4, -0.2) is 16.5 Å². The van der Waals surface area contributed by atoms with Crippen molar-refractivity contribution in [3.8, 4) is 0 Å². The number of anilines is 1. The molecule has 5 heteroatoms. The molecule has 0 aliphatic rings. The number of nitrogens with zero attached hydrogens (tertiary/aromatic N) is 2. The van der Waals surface area contributed by atoms with E-state index in [0.29, 0.717) is 10.8 Å². The number of hydrogen-bond acceptors (Lipinski definition) is 3. The lowest BCUT2D eigenvalue weighted by Gasteiger charge is -2.18. The van der Waals surface area contributed by atoms with Crippen LogP contribution in [0, 0.1) is 5.41 Å². The van der Waals surface area contributed by atoms with E-state index in [1.165, 1.54) is 6.20 Å². The van der Waals surface area contributed by atoms with Gasteiger partial charge in [0.25, 0.3) is 0 Å². The molecular weight excluding hydrogens is 233 g/mol. The van der Waals surface area contributed by atoms with Gasteiger partial charge < -0.3 is 5.32 Å². The maximum absolute atomic E-state index is 5.90. The van der Waals surface area contributed by atoms with Crippen molar-refractivity contribution in [2.75, 3.05) is 11.9 Å². The highest BCUT2D eigenvalue weighted by Crippen LogP contribution is 2.22. The van der Waals surface area contributed by atoms with Crippen LogP contribution in [0.3, 0.4) is 0 Å². The van der Waals surface area contributed by atoms with Crippen LogP contribution in [0.4, 0.5) is 5.82 Å². The Kier molecular flexibility index (Phi) is 4.17. The van der Waals surface area contributed by atoms with E-state index in [-0.39, 0.29) is 10.7 Å². The van der Waals surface area contributed by atoms with Gasteiger partial charge in [0.1, 0.15) is 10.8 Å². The SMILES string of the molecule is CC(C)(C)CCNc1nc(Cl)ncc1Cl. The summed E-state index contributed by atoms with van der Waals surface area (Å²) in [6.45, 7) is 7.37. The average molecular weight is 248 g/mol. The smallest absolute Gasteiger partial charge is 0.224 e. The molecule has 0 amide bonds. The molecule has 0 spiro atoms. The third-order valence-corrected chi connectivity index (χ3v) is 2.34. The van der Waals surface area contributed by atoms with Crippen molar-refractivity contribution < 1.29 is 0 Å². The van der Waals surface area contributed by atoms with Crippen molar-refractivity contribution >= 4 is 29.0 Å². The molecule has 0 fully saturated rings. The predicted molar refractivity (Wildman–Crippen MR) is 64.6 cm³/mol. The van der Waals surface area contributed by atoms with Crippen LogP contribution in [0.25, 0.3) is 0 Å². The number of halogens is 2. The molecule has 1 rings (SSSR count). The molecule has 1 aromatic rings. The second-order valence-corrected chi connectivity index (χ2v) is 5.32. The van der Waals surface area contributed by atoms with E-state index < -0.39 is 0 Å². The van der Waals surface area contributed by atoms with Gasteiger partial charge in [0.05, 0.1) is 6.20 Å². The molecule has 15 heavy (non-hydrogen) atoms. The lowest BCUT2D eigenvalue weighted by atomic mass is 9.92. The van der Waals surface area contributed by atoms with E-state index in [2.05, 4.69) is 36.1 Å². The molecule has 0 bridgehead atoms. The first kappa shape index (κ1) is 12.5. The first-order valence-corrected chi connectivity index (χ1v) is 5.56. The van der Waals surface area contributed by atoms with Gasteiger partial charge in [0.15, 0.2) is 0 Å². The van der Waals surface area contributed by atoms with Gasteiger partial charge >= 0.3 is 0 Å². The highest BCUT2D eigenvalue weighted by atomic mass is 35.5. The van der Waals surface area contributed by atoms with Crippen molar-refractivity contribution in [3.05, 3.63) is 16.5 Å². The second kappa shape index (κ2) is 4.99. The topological polar surface area (TPSA) is 37.8 Å². The van der Waals surface area contributed by atoms with Crippen molar-refractivity contribution in [2.45, 2.75) is 27.2 Å². The molecule has 0 radical (unpaired) electrons. The minimum atomic E-state index is 0.206. The molecule has 0 saturated carbocycles. The molecule has 0 aliphatic heterocycles. The van der Waals surface area contributed by atoms with Crippen LogP contribution < -0.4 is 5.32 Å². The summed E-state index contributed by atoms with van der Waals surface area (Å²) in [7, 11) is 0. The summed E-state index contributed by atoms with van der Waals surface area (Å²) in [5.74, 6) is 0.598. The third-order valence-electron chi connectivity index (χ3n) is 1.88. The summed E-state index contributed by atoms with van der Waals surface area (Å²) in [6, 6.07) is 0. The van der Waals surface area contributed by atoms with Crippen molar-refractivity contribution in [1.29, 1.82) is 0 Å². The Balaban J connectivity index is 2.54. The first-order chi connectivity index (χ1) is 6.88. The summed E-state index contributed by atoms with van der Waals surface area (Å²) in [5.41, 5.74) is 0.288. The van der Waals surface area contributed by atoms with Crippen LogP contribution in [-0.2, 0) is 0 Å².